The van der Waals surface area contributed by atoms with E-state index in [1.807, 2.05) is 81.4 Å². The van der Waals surface area contributed by atoms with Gasteiger partial charge in [0.2, 0.25) is 5.76 Å². The summed E-state index contributed by atoms with van der Waals surface area (Å²) in [4.78, 5) is 29.3. The van der Waals surface area contributed by atoms with Gasteiger partial charge in [-0.1, -0.05) is 36.4 Å². The second kappa shape index (κ2) is 11.3. The Kier molecular flexibility index (Phi) is 7.70. The number of methoxy groups -OCH3 is 1. The van der Waals surface area contributed by atoms with Gasteiger partial charge in [0.25, 0.3) is 5.91 Å². The number of benzene rings is 3. The van der Waals surface area contributed by atoms with E-state index in [-0.39, 0.29) is 17.1 Å². The van der Waals surface area contributed by atoms with Crippen molar-refractivity contribution in [3.05, 3.63) is 104 Å². The molecular formula is C32H33NO6. The average Bonchev–Trinajstić information content (AvgIpc) is 3.21. The van der Waals surface area contributed by atoms with Gasteiger partial charge in [-0.2, -0.15) is 0 Å². The predicted octanol–water partition coefficient (Wildman–Crippen LogP) is 5.97. The maximum Gasteiger partial charge on any atom is 0.290 e. The maximum absolute atomic E-state index is 13.9. The van der Waals surface area contributed by atoms with Gasteiger partial charge in [0.05, 0.1) is 23.6 Å². The van der Waals surface area contributed by atoms with Crippen LogP contribution in [0.15, 0.2) is 69.9 Å². The fourth-order valence-electron chi connectivity index (χ4n) is 5.05. The van der Waals surface area contributed by atoms with Crippen molar-refractivity contribution < 1.29 is 23.4 Å². The number of amides is 1. The van der Waals surface area contributed by atoms with Crippen molar-refractivity contribution in [2.75, 3.05) is 26.9 Å². The standard InChI is InChI=1S/C32H33NO6/c1-5-37-27-18-23(12-13-25(27)38-19-22-10-7-6-8-11-22)29-28-30(34)24-16-20(2)21(3)17-26(24)39-31(28)32(35)33(29)14-9-15-36-4/h6-8,10-13,16-18,29H,5,9,14-15,19H2,1-4H3. The molecule has 0 saturated carbocycles. The first-order valence-corrected chi connectivity index (χ1v) is 13.2. The SMILES string of the molecule is CCOc1cc(C2c3c(oc4cc(C)c(C)cc4c3=O)C(=O)N2CCCOC)ccc1OCc1ccccc1. The van der Waals surface area contributed by atoms with Gasteiger partial charge in [-0.25, -0.2) is 0 Å². The quantitative estimate of drug-likeness (QED) is 0.237. The van der Waals surface area contributed by atoms with Crippen LogP contribution in [0.25, 0.3) is 11.0 Å². The molecule has 1 unspecified atom stereocenters. The zero-order valence-electron chi connectivity index (χ0n) is 22.8. The number of carbonyl (C=O) groups is 1. The Morgan fingerprint density at radius 2 is 1.69 bits per heavy atom. The van der Waals surface area contributed by atoms with Crippen molar-refractivity contribution in [3.8, 4) is 11.5 Å². The molecule has 0 radical (unpaired) electrons. The second-order valence-corrected chi connectivity index (χ2v) is 9.77. The number of ether oxygens (including phenoxy) is 3. The molecule has 0 aliphatic carbocycles. The normalized spacial score (nSPS) is 14.6. The number of hydrogen-bond donors (Lipinski definition) is 0. The highest BCUT2D eigenvalue weighted by atomic mass is 16.5. The van der Waals surface area contributed by atoms with Crippen molar-refractivity contribution in [2.45, 2.75) is 39.8 Å². The van der Waals surface area contributed by atoms with Gasteiger partial charge >= 0.3 is 0 Å². The molecule has 7 heteroatoms. The molecule has 5 rings (SSSR count). The van der Waals surface area contributed by atoms with Crippen LogP contribution >= 0.6 is 0 Å². The third-order valence-electron chi connectivity index (χ3n) is 7.15. The minimum absolute atomic E-state index is 0.0977. The molecule has 0 N–H and O–H groups in total. The van der Waals surface area contributed by atoms with Crippen LogP contribution in [0.5, 0.6) is 11.5 Å². The molecule has 0 bridgehead atoms. The largest absolute Gasteiger partial charge is 0.490 e. The zero-order chi connectivity index (χ0) is 27.5. The lowest BCUT2D eigenvalue weighted by molar-refractivity contribution is 0.0707. The van der Waals surface area contributed by atoms with E-state index < -0.39 is 6.04 Å². The summed E-state index contributed by atoms with van der Waals surface area (Å²) in [6.45, 7) is 7.56. The summed E-state index contributed by atoms with van der Waals surface area (Å²) in [5.41, 5.74) is 4.37. The fraction of sp³-hybridized carbons (Fsp3) is 0.312. The Bertz CT molecular complexity index is 1560. The minimum Gasteiger partial charge on any atom is -0.490 e. The minimum atomic E-state index is -0.617. The molecule has 1 aromatic heterocycles. The predicted molar refractivity (Wildman–Crippen MR) is 150 cm³/mol. The van der Waals surface area contributed by atoms with E-state index in [9.17, 15) is 9.59 Å². The second-order valence-electron chi connectivity index (χ2n) is 9.77. The molecule has 7 nitrogen and oxygen atoms in total. The zero-order valence-corrected chi connectivity index (χ0v) is 22.8. The number of fused-ring (bicyclic) bond motifs is 2. The topological polar surface area (TPSA) is 78.2 Å². The van der Waals surface area contributed by atoms with Crippen molar-refractivity contribution >= 4 is 16.9 Å². The molecule has 39 heavy (non-hydrogen) atoms. The first-order chi connectivity index (χ1) is 18.9. The van der Waals surface area contributed by atoms with Gasteiger partial charge in [-0.15, -0.1) is 0 Å². The van der Waals surface area contributed by atoms with E-state index in [1.165, 1.54) is 0 Å². The first kappa shape index (κ1) is 26.5. The lowest BCUT2D eigenvalue weighted by atomic mass is 9.97. The van der Waals surface area contributed by atoms with Crippen LogP contribution < -0.4 is 14.9 Å². The van der Waals surface area contributed by atoms with Gasteiger partial charge in [0.15, 0.2) is 16.9 Å². The Morgan fingerprint density at radius 3 is 2.44 bits per heavy atom. The van der Waals surface area contributed by atoms with Gasteiger partial charge in [0, 0.05) is 20.3 Å². The van der Waals surface area contributed by atoms with E-state index in [0.717, 1.165) is 22.3 Å². The van der Waals surface area contributed by atoms with Crippen molar-refractivity contribution in [1.82, 2.24) is 4.90 Å². The molecular weight excluding hydrogens is 494 g/mol. The van der Waals surface area contributed by atoms with E-state index in [4.69, 9.17) is 18.6 Å². The van der Waals surface area contributed by atoms with Gasteiger partial charge in [0.1, 0.15) is 12.2 Å². The molecule has 0 spiro atoms. The smallest absolute Gasteiger partial charge is 0.290 e. The van der Waals surface area contributed by atoms with Crippen LogP contribution in [0.4, 0.5) is 0 Å². The molecule has 3 aromatic carbocycles. The summed E-state index contributed by atoms with van der Waals surface area (Å²) in [6.07, 6.45) is 0.620. The van der Waals surface area contributed by atoms with Crippen LogP contribution in [0.2, 0.25) is 0 Å². The summed E-state index contributed by atoms with van der Waals surface area (Å²) in [6, 6.07) is 18.6. The average molecular weight is 528 g/mol. The Labute approximate surface area is 227 Å². The van der Waals surface area contributed by atoms with Gasteiger partial charge in [-0.05, 0) is 73.7 Å². The first-order valence-electron chi connectivity index (χ1n) is 13.2. The van der Waals surface area contributed by atoms with E-state index >= 15 is 0 Å². The third kappa shape index (κ3) is 5.14. The van der Waals surface area contributed by atoms with E-state index in [0.29, 0.717) is 60.8 Å². The summed E-state index contributed by atoms with van der Waals surface area (Å²) in [5, 5.41) is 0.473. The van der Waals surface area contributed by atoms with Crippen LogP contribution in [0.3, 0.4) is 0 Å². The van der Waals surface area contributed by atoms with Crippen molar-refractivity contribution in [2.24, 2.45) is 0 Å². The van der Waals surface area contributed by atoms with Crippen molar-refractivity contribution in [1.29, 1.82) is 0 Å². The molecule has 1 aliphatic rings. The van der Waals surface area contributed by atoms with Crippen molar-refractivity contribution in [3.63, 3.8) is 0 Å². The lowest BCUT2D eigenvalue weighted by Crippen LogP contribution is -2.31. The molecule has 1 aliphatic heterocycles. The van der Waals surface area contributed by atoms with E-state index in [1.54, 1.807) is 12.0 Å². The molecule has 202 valence electrons. The number of aryl methyl sites for hydroxylation is 2. The summed E-state index contributed by atoms with van der Waals surface area (Å²) in [5.74, 6) is 0.947. The number of nitrogens with zero attached hydrogens (tertiary/aromatic N) is 1. The Hall–Kier alpha value is -4.10. The van der Waals surface area contributed by atoms with Crippen LogP contribution in [-0.4, -0.2) is 37.7 Å². The van der Waals surface area contributed by atoms with Gasteiger partial charge in [-0.3, -0.25) is 9.59 Å². The molecule has 1 amide bonds. The van der Waals surface area contributed by atoms with Gasteiger partial charge < -0.3 is 23.5 Å². The molecule has 1 atom stereocenters. The highest BCUT2D eigenvalue weighted by Crippen LogP contribution is 2.41. The number of hydrogen-bond acceptors (Lipinski definition) is 6. The number of carbonyl (C=O) groups excluding carboxylic acids is 1. The lowest BCUT2D eigenvalue weighted by Gasteiger charge is -2.26. The molecule has 2 heterocycles. The Balaban J connectivity index is 1.60. The van der Waals surface area contributed by atoms with E-state index in [2.05, 4.69) is 0 Å². The fourth-order valence-corrected chi connectivity index (χ4v) is 5.05. The maximum atomic E-state index is 13.9. The molecule has 4 aromatic rings. The monoisotopic (exact) mass is 527 g/mol. The Morgan fingerprint density at radius 1 is 0.923 bits per heavy atom. The summed E-state index contributed by atoms with van der Waals surface area (Å²) in [7, 11) is 1.63. The molecule has 0 saturated heterocycles. The highest BCUT2D eigenvalue weighted by molar-refractivity contribution is 5.99. The summed E-state index contributed by atoms with van der Waals surface area (Å²) < 4.78 is 23.4. The highest BCUT2D eigenvalue weighted by Gasteiger charge is 2.42. The van der Waals surface area contributed by atoms with Crippen LogP contribution in [-0.2, 0) is 11.3 Å². The summed E-state index contributed by atoms with van der Waals surface area (Å²) >= 11 is 0. The number of rotatable bonds is 10. The third-order valence-corrected chi connectivity index (χ3v) is 7.15. The molecule has 0 fully saturated rings. The van der Waals surface area contributed by atoms with Crippen LogP contribution in [0, 0.1) is 13.8 Å². The van der Waals surface area contributed by atoms with Crippen LogP contribution in [0.1, 0.15) is 57.8 Å².